The van der Waals surface area contributed by atoms with E-state index >= 15 is 0 Å². The average Bonchev–Trinajstić information content (AvgIpc) is 2.62. The highest BCUT2D eigenvalue weighted by Gasteiger charge is 2.33. The number of hydrogen-bond donors (Lipinski definition) is 0. The van der Waals surface area contributed by atoms with Crippen LogP contribution in [0.1, 0.15) is 37.7 Å². The molecule has 1 aliphatic heterocycles. The first kappa shape index (κ1) is 17.4. The summed E-state index contributed by atoms with van der Waals surface area (Å²) in [5, 5.41) is 0. The minimum atomic E-state index is -3.47. The molecule has 0 bridgehead atoms. The van der Waals surface area contributed by atoms with Crippen LogP contribution in [0.4, 0.5) is 0 Å². The van der Waals surface area contributed by atoms with Gasteiger partial charge in [0.2, 0.25) is 15.9 Å². The summed E-state index contributed by atoms with van der Waals surface area (Å²) in [4.78, 5) is 14.8. The molecule has 0 unspecified atom stereocenters. The minimum Gasteiger partial charge on any atom is -0.340 e. The molecular weight excluding hydrogens is 324 g/mol. The third kappa shape index (κ3) is 3.49. The second-order valence-corrected chi connectivity index (χ2v) is 8.74. The Balaban J connectivity index is 1.64. The van der Waals surface area contributed by atoms with Gasteiger partial charge in [-0.25, -0.2) is 8.42 Å². The summed E-state index contributed by atoms with van der Waals surface area (Å²) in [5.74, 6) is 0.376. The Hall–Kier alpha value is -1.40. The van der Waals surface area contributed by atoms with E-state index < -0.39 is 10.0 Å². The fraction of sp³-hybridized carbons (Fsp3) is 0.611. The lowest BCUT2D eigenvalue weighted by Gasteiger charge is -2.36. The molecule has 0 aromatic heterocycles. The van der Waals surface area contributed by atoms with Gasteiger partial charge in [0.25, 0.3) is 0 Å². The van der Waals surface area contributed by atoms with Crippen LogP contribution < -0.4 is 0 Å². The van der Waals surface area contributed by atoms with E-state index in [0.29, 0.717) is 31.1 Å². The molecule has 132 valence electrons. The van der Waals surface area contributed by atoms with Gasteiger partial charge in [-0.15, -0.1) is 0 Å². The number of rotatable bonds is 3. The highest BCUT2D eigenvalue weighted by atomic mass is 32.2. The van der Waals surface area contributed by atoms with Crippen molar-refractivity contribution in [1.82, 2.24) is 9.21 Å². The topological polar surface area (TPSA) is 57.7 Å². The van der Waals surface area contributed by atoms with E-state index in [1.54, 1.807) is 12.1 Å². The molecule has 0 atom stereocenters. The second-order valence-electron chi connectivity index (χ2n) is 6.83. The molecule has 2 aliphatic rings. The van der Waals surface area contributed by atoms with Crippen LogP contribution in [0.2, 0.25) is 0 Å². The van der Waals surface area contributed by atoms with Crippen LogP contribution in [0.3, 0.4) is 0 Å². The third-order valence-corrected chi connectivity index (χ3v) is 7.27. The van der Waals surface area contributed by atoms with Gasteiger partial charge in [-0.2, -0.15) is 4.31 Å². The summed E-state index contributed by atoms with van der Waals surface area (Å²) < 4.78 is 27.1. The van der Waals surface area contributed by atoms with E-state index in [0.717, 1.165) is 31.2 Å². The van der Waals surface area contributed by atoms with E-state index in [2.05, 4.69) is 0 Å². The molecule has 24 heavy (non-hydrogen) atoms. The average molecular weight is 350 g/mol. The minimum absolute atomic E-state index is 0.151. The Labute approximate surface area is 144 Å². The number of aryl methyl sites for hydroxylation is 1. The number of nitrogens with zero attached hydrogens (tertiary/aromatic N) is 2. The van der Waals surface area contributed by atoms with Crippen molar-refractivity contribution in [2.75, 3.05) is 26.2 Å². The molecule has 0 spiro atoms. The van der Waals surface area contributed by atoms with Gasteiger partial charge in [-0.05, 0) is 31.4 Å². The highest BCUT2D eigenvalue weighted by molar-refractivity contribution is 7.89. The van der Waals surface area contributed by atoms with Crippen molar-refractivity contribution in [3.63, 3.8) is 0 Å². The Bertz CT molecular complexity index is 688. The number of carbonyl (C=O) groups excluding carboxylic acids is 1. The Morgan fingerprint density at radius 2 is 1.62 bits per heavy atom. The molecule has 3 rings (SSSR count). The number of sulfonamides is 1. The van der Waals surface area contributed by atoms with Crippen molar-refractivity contribution < 1.29 is 13.2 Å². The van der Waals surface area contributed by atoms with Crippen LogP contribution in [-0.2, 0) is 14.8 Å². The lowest BCUT2D eigenvalue weighted by atomic mass is 9.88. The molecule has 1 aromatic carbocycles. The van der Waals surface area contributed by atoms with Crippen molar-refractivity contribution in [1.29, 1.82) is 0 Å². The van der Waals surface area contributed by atoms with Gasteiger partial charge < -0.3 is 4.90 Å². The molecule has 1 aliphatic carbocycles. The summed E-state index contributed by atoms with van der Waals surface area (Å²) in [6.07, 6.45) is 5.48. The molecular formula is C18H26N2O3S. The summed E-state index contributed by atoms with van der Waals surface area (Å²) in [5.41, 5.74) is 0.762. The monoisotopic (exact) mass is 350 g/mol. The first-order valence-electron chi connectivity index (χ1n) is 8.85. The third-order valence-electron chi connectivity index (χ3n) is 5.22. The Morgan fingerprint density at radius 3 is 2.25 bits per heavy atom. The largest absolute Gasteiger partial charge is 0.340 e. The van der Waals surface area contributed by atoms with Crippen molar-refractivity contribution in [3.05, 3.63) is 29.8 Å². The van der Waals surface area contributed by atoms with E-state index in [9.17, 15) is 13.2 Å². The van der Waals surface area contributed by atoms with Crippen LogP contribution in [0.15, 0.2) is 29.2 Å². The van der Waals surface area contributed by atoms with Crippen LogP contribution in [0.5, 0.6) is 0 Å². The van der Waals surface area contributed by atoms with Crippen molar-refractivity contribution in [3.8, 4) is 0 Å². The van der Waals surface area contributed by atoms with Gasteiger partial charge in [0.05, 0.1) is 4.90 Å². The van der Waals surface area contributed by atoms with Gasteiger partial charge in [-0.1, -0.05) is 37.5 Å². The number of hydrogen-bond acceptors (Lipinski definition) is 3. The van der Waals surface area contributed by atoms with Gasteiger partial charge in [0.1, 0.15) is 0 Å². The molecule has 1 saturated heterocycles. The van der Waals surface area contributed by atoms with E-state index in [1.807, 2.05) is 24.0 Å². The predicted octanol–water partition coefficient (Wildman–Crippen LogP) is 2.41. The zero-order chi connectivity index (χ0) is 17.2. The smallest absolute Gasteiger partial charge is 0.243 e. The van der Waals surface area contributed by atoms with Gasteiger partial charge in [0.15, 0.2) is 0 Å². The zero-order valence-corrected chi connectivity index (χ0v) is 15.1. The molecule has 1 aromatic rings. The lowest BCUT2D eigenvalue weighted by molar-refractivity contribution is -0.137. The predicted molar refractivity (Wildman–Crippen MR) is 93.1 cm³/mol. The molecule has 5 nitrogen and oxygen atoms in total. The number of carbonyl (C=O) groups is 1. The van der Waals surface area contributed by atoms with Crippen molar-refractivity contribution in [2.45, 2.75) is 43.9 Å². The van der Waals surface area contributed by atoms with Crippen molar-refractivity contribution >= 4 is 15.9 Å². The van der Waals surface area contributed by atoms with Crippen molar-refractivity contribution in [2.24, 2.45) is 5.92 Å². The maximum absolute atomic E-state index is 12.8. The Morgan fingerprint density at radius 1 is 1.00 bits per heavy atom. The van der Waals surface area contributed by atoms with Gasteiger partial charge >= 0.3 is 0 Å². The number of piperazine rings is 1. The standard InChI is InChI=1S/C18H26N2O3S/c1-15-7-5-6-10-17(15)24(22,23)20-13-11-19(12-14-20)18(21)16-8-3-2-4-9-16/h5-7,10,16H,2-4,8-9,11-14H2,1H3. The van der Waals surface area contributed by atoms with Crippen LogP contribution >= 0.6 is 0 Å². The fourth-order valence-corrected chi connectivity index (χ4v) is 5.39. The van der Waals surface area contributed by atoms with E-state index in [-0.39, 0.29) is 11.8 Å². The summed E-state index contributed by atoms with van der Waals surface area (Å²) >= 11 is 0. The maximum atomic E-state index is 12.8. The molecule has 6 heteroatoms. The molecule has 1 heterocycles. The second kappa shape index (κ2) is 7.23. The summed E-state index contributed by atoms with van der Waals surface area (Å²) in [6, 6.07) is 7.07. The summed E-state index contributed by atoms with van der Waals surface area (Å²) in [7, 11) is -3.47. The molecule has 1 saturated carbocycles. The summed E-state index contributed by atoms with van der Waals surface area (Å²) in [6.45, 7) is 3.58. The number of amides is 1. The van der Waals surface area contributed by atoms with Crippen LogP contribution in [0, 0.1) is 12.8 Å². The normalized spacial score (nSPS) is 21.0. The SMILES string of the molecule is Cc1ccccc1S(=O)(=O)N1CCN(C(=O)C2CCCCC2)CC1. The van der Waals surface area contributed by atoms with Gasteiger partial charge in [-0.3, -0.25) is 4.79 Å². The fourth-order valence-electron chi connectivity index (χ4n) is 3.74. The first-order valence-corrected chi connectivity index (χ1v) is 10.3. The van der Waals surface area contributed by atoms with Crippen LogP contribution in [-0.4, -0.2) is 49.7 Å². The zero-order valence-electron chi connectivity index (χ0n) is 14.3. The lowest BCUT2D eigenvalue weighted by Crippen LogP contribution is -2.52. The molecule has 1 amide bonds. The van der Waals surface area contributed by atoms with Crippen LogP contribution in [0.25, 0.3) is 0 Å². The quantitative estimate of drug-likeness (QED) is 0.841. The van der Waals surface area contributed by atoms with Gasteiger partial charge in [0, 0.05) is 32.1 Å². The number of benzene rings is 1. The highest BCUT2D eigenvalue weighted by Crippen LogP contribution is 2.27. The molecule has 0 radical (unpaired) electrons. The van der Waals surface area contributed by atoms with E-state index in [4.69, 9.17) is 0 Å². The van der Waals surface area contributed by atoms with E-state index in [1.165, 1.54) is 10.7 Å². The molecule has 2 fully saturated rings. The maximum Gasteiger partial charge on any atom is 0.243 e. The Kier molecular flexibility index (Phi) is 5.25. The first-order chi connectivity index (χ1) is 11.5. The molecule has 0 N–H and O–H groups in total.